The Morgan fingerprint density at radius 2 is 1.71 bits per heavy atom. The van der Waals surface area contributed by atoms with Crippen molar-refractivity contribution in [3.63, 3.8) is 0 Å². The van der Waals surface area contributed by atoms with Gasteiger partial charge in [-0.05, 0) is 69.0 Å². The summed E-state index contributed by atoms with van der Waals surface area (Å²) in [5.74, 6) is 2.06. The van der Waals surface area contributed by atoms with Crippen LogP contribution in [0.15, 0.2) is 12.3 Å². The predicted molar refractivity (Wildman–Crippen MR) is 185 cm³/mol. The average molecular weight is 655 g/mol. The SMILES string of the molecule is C[C@H]1[C@H]2Cc3c(-c4nc5ncc(NC(=O)OC(C)(C)C)cc5n4COCC[Si](C)(C)C)nn(COCC[Si](C)(C)C)c3C[C@]21C. The standard InChI is InChI=1S/C33H54N6O4Si2/c1-22-25-17-24-27(18-33(22,25)5)39(21-42-13-15-45(9,10)11)37-28(24)30-36-29-26(38(30)20-41-12-14-44(6,7)8)16-23(19-34-29)35-31(40)43-32(2,3)4/h16,19,22,25H,12-15,17-18,20-21H2,1-11H3,(H,35,40)/t22-,25+,33-/m0/s1. The van der Waals surface area contributed by atoms with Gasteiger partial charge < -0.3 is 14.2 Å². The van der Waals surface area contributed by atoms with Crippen molar-refractivity contribution in [2.24, 2.45) is 17.3 Å². The normalized spacial score (nSPS) is 21.5. The zero-order valence-corrected chi connectivity index (χ0v) is 31.3. The minimum absolute atomic E-state index is 0.310. The Labute approximate surface area is 270 Å². The number of hydrogen-bond acceptors (Lipinski definition) is 7. The van der Waals surface area contributed by atoms with E-state index in [-0.39, 0.29) is 0 Å². The number of nitrogens with one attached hydrogen (secondary N) is 1. The number of pyridine rings is 1. The van der Waals surface area contributed by atoms with Gasteiger partial charge in [0.15, 0.2) is 11.5 Å². The van der Waals surface area contributed by atoms with E-state index in [9.17, 15) is 4.79 Å². The van der Waals surface area contributed by atoms with Crippen molar-refractivity contribution < 1.29 is 19.0 Å². The molecule has 1 saturated carbocycles. The molecular weight excluding hydrogens is 601 g/mol. The summed E-state index contributed by atoms with van der Waals surface area (Å²) in [4.78, 5) is 22.3. The highest BCUT2D eigenvalue weighted by Crippen LogP contribution is 2.64. The van der Waals surface area contributed by atoms with Gasteiger partial charge in [-0.25, -0.2) is 19.4 Å². The molecule has 45 heavy (non-hydrogen) atoms. The molecule has 0 unspecified atom stereocenters. The Bertz CT molecular complexity index is 1550. The summed E-state index contributed by atoms with van der Waals surface area (Å²) in [5, 5.41) is 8.03. The fourth-order valence-electron chi connectivity index (χ4n) is 6.30. The predicted octanol–water partition coefficient (Wildman–Crippen LogP) is 7.64. The molecule has 0 aliphatic heterocycles. The largest absolute Gasteiger partial charge is 0.444 e. The second kappa shape index (κ2) is 12.2. The molecule has 248 valence electrons. The molecule has 1 fully saturated rings. The molecule has 2 aliphatic rings. The monoisotopic (exact) mass is 654 g/mol. The summed E-state index contributed by atoms with van der Waals surface area (Å²) >= 11 is 0. The fraction of sp³-hybridized carbons (Fsp3) is 0.697. The van der Waals surface area contributed by atoms with E-state index in [1.54, 1.807) is 6.20 Å². The molecule has 0 saturated heterocycles. The lowest BCUT2D eigenvalue weighted by atomic mass is 9.87. The molecule has 0 bridgehead atoms. The van der Waals surface area contributed by atoms with Crippen molar-refractivity contribution in [1.82, 2.24) is 24.3 Å². The molecule has 3 aromatic heterocycles. The maximum absolute atomic E-state index is 12.6. The molecule has 0 aromatic carbocycles. The Morgan fingerprint density at radius 3 is 2.33 bits per heavy atom. The highest BCUT2D eigenvalue weighted by Gasteiger charge is 2.61. The molecule has 1 amide bonds. The summed E-state index contributed by atoms with van der Waals surface area (Å²) in [5.41, 5.74) is 5.02. The fourth-order valence-corrected chi connectivity index (χ4v) is 7.81. The van der Waals surface area contributed by atoms with Gasteiger partial charge in [-0.3, -0.25) is 9.88 Å². The number of carbonyl (C=O) groups excluding carboxylic acids is 1. The van der Waals surface area contributed by atoms with Crippen molar-refractivity contribution in [3.05, 3.63) is 23.5 Å². The van der Waals surface area contributed by atoms with Crippen LogP contribution in [-0.2, 0) is 40.5 Å². The molecule has 3 heterocycles. The number of aromatic nitrogens is 5. The molecule has 10 nitrogen and oxygen atoms in total. The first kappa shape index (κ1) is 33.8. The third-order valence-electron chi connectivity index (χ3n) is 9.41. The van der Waals surface area contributed by atoms with E-state index in [2.05, 4.69) is 72.7 Å². The lowest BCUT2D eigenvalue weighted by Crippen LogP contribution is -2.27. The van der Waals surface area contributed by atoms with Crippen LogP contribution in [0.4, 0.5) is 10.5 Å². The Hall–Kier alpha value is -2.55. The maximum Gasteiger partial charge on any atom is 0.412 e. The summed E-state index contributed by atoms with van der Waals surface area (Å²) in [6.45, 7) is 26.7. The van der Waals surface area contributed by atoms with Crippen molar-refractivity contribution in [2.75, 3.05) is 18.5 Å². The number of imidazole rings is 1. The van der Waals surface area contributed by atoms with E-state index < -0.39 is 27.8 Å². The van der Waals surface area contributed by atoms with Gasteiger partial charge in [0, 0.05) is 40.6 Å². The van der Waals surface area contributed by atoms with Gasteiger partial charge in [-0.2, -0.15) is 5.10 Å². The van der Waals surface area contributed by atoms with E-state index >= 15 is 0 Å². The van der Waals surface area contributed by atoms with E-state index in [1.807, 2.05) is 26.8 Å². The lowest BCUT2D eigenvalue weighted by molar-refractivity contribution is 0.0636. The van der Waals surface area contributed by atoms with Gasteiger partial charge in [-0.15, -0.1) is 0 Å². The first-order chi connectivity index (χ1) is 20.8. The van der Waals surface area contributed by atoms with E-state index in [4.69, 9.17) is 24.3 Å². The van der Waals surface area contributed by atoms with Crippen LogP contribution in [0.1, 0.15) is 45.9 Å². The molecule has 1 N–H and O–H groups in total. The number of amides is 1. The van der Waals surface area contributed by atoms with Gasteiger partial charge in [0.25, 0.3) is 0 Å². The average Bonchev–Trinajstić information content (AvgIpc) is 3.16. The summed E-state index contributed by atoms with van der Waals surface area (Å²) in [7, 11) is -2.47. The minimum Gasteiger partial charge on any atom is -0.444 e. The van der Waals surface area contributed by atoms with Gasteiger partial charge in [0.1, 0.15) is 24.8 Å². The van der Waals surface area contributed by atoms with Gasteiger partial charge in [-0.1, -0.05) is 53.1 Å². The van der Waals surface area contributed by atoms with Crippen molar-refractivity contribution in [1.29, 1.82) is 0 Å². The van der Waals surface area contributed by atoms with Crippen LogP contribution < -0.4 is 5.32 Å². The van der Waals surface area contributed by atoms with Crippen LogP contribution in [0.3, 0.4) is 0 Å². The third kappa shape index (κ3) is 7.89. The lowest BCUT2D eigenvalue weighted by Gasteiger charge is -2.21. The quantitative estimate of drug-likeness (QED) is 0.158. The number of fused-ring (bicyclic) bond motifs is 3. The third-order valence-corrected chi connectivity index (χ3v) is 12.8. The first-order valence-corrected chi connectivity index (χ1v) is 23.9. The number of rotatable bonds is 12. The first-order valence-electron chi connectivity index (χ1n) is 16.5. The summed E-state index contributed by atoms with van der Waals surface area (Å²) in [6.07, 6.45) is 3.07. The van der Waals surface area contributed by atoms with E-state index in [1.165, 1.54) is 11.3 Å². The number of ether oxygens (including phenoxy) is 3. The van der Waals surface area contributed by atoms with Crippen LogP contribution in [0, 0.1) is 17.3 Å². The van der Waals surface area contributed by atoms with E-state index in [0.29, 0.717) is 48.7 Å². The Balaban J connectivity index is 1.52. The molecule has 2 aliphatic carbocycles. The second-order valence-corrected chi connectivity index (χ2v) is 28.1. The molecule has 3 aromatic rings. The smallest absolute Gasteiger partial charge is 0.412 e. The molecule has 0 spiro atoms. The topological polar surface area (TPSA) is 105 Å². The van der Waals surface area contributed by atoms with Crippen molar-refractivity contribution >= 4 is 39.1 Å². The second-order valence-electron chi connectivity index (χ2n) is 16.8. The van der Waals surface area contributed by atoms with Crippen LogP contribution in [0.25, 0.3) is 22.7 Å². The Kier molecular flexibility index (Phi) is 9.19. The highest BCUT2D eigenvalue weighted by atomic mass is 28.3. The number of carbonyl (C=O) groups is 1. The van der Waals surface area contributed by atoms with E-state index in [0.717, 1.165) is 48.6 Å². The molecule has 12 heteroatoms. The van der Waals surface area contributed by atoms with Gasteiger partial charge in [0.2, 0.25) is 0 Å². The van der Waals surface area contributed by atoms with Crippen molar-refractivity contribution in [3.8, 4) is 11.5 Å². The van der Waals surface area contributed by atoms with Crippen LogP contribution in [0.2, 0.25) is 51.4 Å². The zero-order chi connectivity index (χ0) is 32.9. The maximum atomic E-state index is 12.6. The van der Waals surface area contributed by atoms with Crippen LogP contribution >= 0.6 is 0 Å². The Morgan fingerprint density at radius 1 is 1.07 bits per heavy atom. The minimum atomic E-state index is -1.27. The molecule has 3 atom stereocenters. The summed E-state index contributed by atoms with van der Waals surface area (Å²) < 4.78 is 22.2. The van der Waals surface area contributed by atoms with Crippen LogP contribution in [-0.4, -0.2) is 65.4 Å². The summed E-state index contributed by atoms with van der Waals surface area (Å²) in [6, 6.07) is 4.08. The molecule has 5 rings (SSSR count). The van der Waals surface area contributed by atoms with Crippen molar-refractivity contribution in [2.45, 2.75) is 118 Å². The molecule has 0 radical (unpaired) electrons. The number of nitrogens with zero attached hydrogens (tertiary/aromatic N) is 5. The van der Waals surface area contributed by atoms with Gasteiger partial charge >= 0.3 is 6.09 Å². The highest BCUT2D eigenvalue weighted by molar-refractivity contribution is 6.76. The van der Waals surface area contributed by atoms with Crippen LogP contribution in [0.5, 0.6) is 0 Å². The van der Waals surface area contributed by atoms with Gasteiger partial charge in [0.05, 0.1) is 17.4 Å². The molecular formula is C33H54N6O4Si2. The number of anilines is 1. The number of hydrogen-bond donors (Lipinski definition) is 1. The zero-order valence-electron chi connectivity index (χ0n) is 29.3.